The molecular formula is C27H38N6O4. The van der Waals surface area contributed by atoms with Crippen LogP contribution in [0.1, 0.15) is 32.6 Å². The molecule has 0 bridgehead atoms. The van der Waals surface area contributed by atoms with Crippen LogP contribution >= 0.6 is 0 Å². The Balaban J connectivity index is 1.34. The molecule has 1 aromatic carbocycles. The Kier molecular flexibility index (Phi) is 9.53. The van der Waals surface area contributed by atoms with Crippen LogP contribution in [-0.4, -0.2) is 97.6 Å². The van der Waals surface area contributed by atoms with E-state index in [2.05, 4.69) is 20.4 Å². The predicted octanol–water partition coefficient (Wildman–Crippen LogP) is 2.79. The lowest BCUT2D eigenvalue weighted by Crippen LogP contribution is -2.49. The number of aromatic nitrogens is 2. The van der Waals surface area contributed by atoms with Crippen molar-refractivity contribution in [2.24, 2.45) is 0 Å². The molecule has 0 aliphatic carbocycles. The molecule has 2 aliphatic rings. The number of nitrogens with one attached hydrogen (secondary N) is 1. The summed E-state index contributed by atoms with van der Waals surface area (Å²) < 4.78 is 11.0. The summed E-state index contributed by atoms with van der Waals surface area (Å²) in [6.45, 7) is 6.48. The largest absolute Gasteiger partial charge is 0.497 e. The van der Waals surface area contributed by atoms with Crippen molar-refractivity contribution >= 4 is 17.8 Å². The lowest BCUT2D eigenvalue weighted by molar-refractivity contribution is -0.131. The minimum Gasteiger partial charge on any atom is -0.497 e. The standard InChI is InChI=1S/C27H38N6O4/c1-3-12-28-27(35)33(19-23-9-5-17-37-23)20-26(34)32-14-6-13-31(15-16-32)25-11-10-24(29-30-25)21-7-4-8-22(18-21)36-2/h4,7-8,10-11,18,23H,3,5-6,9,12-17,19-20H2,1-2H3,(H,28,35)/t23-/m1/s1. The Labute approximate surface area is 218 Å². The fourth-order valence-corrected chi connectivity index (χ4v) is 4.69. The highest BCUT2D eigenvalue weighted by Gasteiger charge is 2.27. The summed E-state index contributed by atoms with van der Waals surface area (Å²) in [6.07, 6.45) is 3.58. The molecule has 10 heteroatoms. The Morgan fingerprint density at radius 1 is 1.14 bits per heavy atom. The molecule has 2 saturated heterocycles. The summed E-state index contributed by atoms with van der Waals surface area (Å²) in [6, 6.07) is 11.5. The summed E-state index contributed by atoms with van der Waals surface area (Å²) in [7, 11) is 1.64. The third-order valence-corrected chi connectivity index (χ3v) is 6.78. The average Bonchev–Trinajstić information content (AvgIpc) is 3.32. The quantitative estimate of drug-likeness (QED) is 0.554. The third-order valence-electron chi connectivity index (χ3n) is 6.78. The van der Waals surface area contributed by atoms with Gasteiger partial charge in [0, 0.05) is 51.4 Å². The lowest BCUT2D eigenvalue weighted by Gasteiger charge is -2.28. The molecule has 3 amide bonds. The lowest BCUT2D eigenvalue weighted by atomic mass is 10.1. The normalized spacial score (nSPS) is 17.8. The van der Waals surface area contributed by atoms with Gasteiger partial charge in [-0.2, -0.15) is 0 Å². The molecule has 10 nitrogen and oxygen atoms in total. The van der Waals surface area contributed by atoms with Crippen LogP contribution in [0.4, 0.5) is 10.6 Å². The van der Waals surface area contributed by atoms with Gasteiger partial charge in [0.1, 0.15) is 12.3 Å². The van der Waals surface area contributed by atoms with E-state index in [0.29, 0.717) is 39.3 Å². The summed E-state index contributed by atoms with van der Waals surface area (Å²) >= 11 is 0. The molecule has 2 aliphatic heterocycles. The first-order chi connectivity index (χ1) is 18.1. The maximum absolute atomic E-state index is 13.2. The van der Waals surface area contributed by atoms with Gasteiger partial charge in [-0.3, -0.25) is 4.79 Å². The van der Waals surface area contributed by atoms with Crippen LogP contribution in [0.25, 0.3) is 11.3 Å². The number of hydrogen-bond acceptors (Lipinski definition) is 7. The molecule has 37 heavy (non-hydrogen) atoms. The molecule has 1 aromatic heterocycles. The van der Waals surface area contributed by atoms with Gasteiger partial charge in [-0.1, -0.05) is 19.1 Å². The van der Waals surface area contributed by atoms with E-state index in [1.54, 1.807) is 12.0 Å². The van der Waals surface area contributed by atoms with Crippen molar-refractivity contribution in [3.8, 4) is 17.0 Å². The molecule has 200 valence electrons. The molecule has 2 fully saturated rings. The topological polar surface area (TPSA) is 100 Å². The number of hydrogen-bond donors (Lipinski definition) is 1. The minimum atomic E-state index is -0.200. The van der Waals surface area contributed by atoms with Gasteiger partial charge >= 0.3 is 6.03 Å². The van der Waals surface area contributed by atoms with Crippen molar-refractivity contribution in [2.45, 2.75) is 38.7 Å². The number of anilines is 1. The van der Waals surface area contributed by atoms with Crippen molar-refractivity contribution in [2.75, 3.05) is 64.4 Å². The van der Waals surface area contributed by atoms with Crippen molar-refractivity contribution in [3.63, 3.8) is 0 Å². The number of carbonyl (C=O) groups is 2. The first-order valence-corrected chi connectivity index (χ1v) is 13.2. The highest BCUT2D eigenvalue weighted by atomic mass is 16.5. The van der Waals surface area contributed by atoms with E-state index >= 15 is 0 Å². The predicted molar refractivity (Wildman–Crippen MR) is 142 cm³/mol. The fraction of sp³-hybridized carbons (Fsp3) is 0.556. The smallest absolute Gasteiger partial charge is 0.317 e. The minimum absolute atomic E-state index is 0.00155. The molecule has 1 atom stereocenters. The highest BCUT2D eigenvalue weighted by molar-refractivity contribution is 5.84. The van der Waals surface area contributed by atoms with E-state index in [0.717, 1.165) is 55.1 Å². The molecule has 3 heterocycles. The van der Waals surface area contributed by atoms with E-state index < -0.39 is 0 Å². The van der Waals surface area contributed by atoms with Crippen molar-refractivity contribution < 1.29 is 19.1 Å². The van der Waals surface area contributed by atoms with E-state index in [4.69, 9.17) is 9.47 Å². The molecule has 0 unspecified atom stereocenters. The monoisotopic (exact) mass is 510 g/mol. The maximum Gasteiger partial charge on any atom is 0.317 e. The van der Waals surface area contributed by atoms with Gasteiger partial charge in [-0.15, -0.1) is 10.2 Å². The van der Waals surface area contributed by atoms with Crippen LogP contribution in [0, 0.1) is 0 Å². The van der Waals surface area contributed by atoms with Gasteiger partial charge < -0.3 is 29.5 Å². The van der Waals surface area contributed by atoms with Gasteiger partial charge in [0.05, 0.1) is 18.9 Å². The fourth-order valence-electron chi connectivity index (χ4n) is 4.69. The average molecular weight is 511 g/mol. The first-order valence-electron chi connectivity index (χ1n) is 13.2. The van der Waals surface area contributed by atoms with Crippen molar-refractivity contribution in [3.05, 3.63) is 36.4 Å². The molecule has 0 saturated carbocycles. The van der Waals surface area contributed by atoms with E-state index in [-0.39, 0.29) is 24.6 Å². The highest BCUT2D eigenvalue weighted by Crippen LogP contribution is 2.23. The van der Waals surface area contributed by atoms with Crippen LogP contribution in [-0.2, 0) is 9.53 Å². The Morgan fingerprint density at radius 2 is 2.03 bits per heavy atom. The number of amides is 3. The Morgan fingerprint density at radius 3 is 2.76 bits per heavy atom. The Hall–Kier alpha value is -3.40. The number of ether oxygens (including phenoxy) is 2. The van der Waals surface area contributed by atoms with Gasteiger partial charge in [-0.25, -0.2) is 4.79 Å². The SMILES string of the molecule is CCCNC(=O)N(CC(=O)N1CCCN(c2ccc(-c3cccc(OC)c3)nn2)CC1)C[C@H]1CCCO1. The van der Waals surface area contributed by atoms with Crippen LogP contribution in [0.15, 0.2) is 36.4 Å². The van der Waals surface area contributed by atoms with Crippen LogP contribution in [0.2, 0.25) is 0 Å². The number of carbonyl (C=O) groups excluding carboxylic acids is 2. The third kappa shape index (κ3) is 7.31. The van der Waals surface area contributed by atoms with Crippen molar-refractivity contribution in [1.82, 2.24) is 25.3 Å². The molecule has 4 rings (SSSR count). The van der Waals surface area contributed by atoms with E-state index in [1.165, 1.54) is 0 Å². The molecule has 0 radical (unpaired) electrons. The zero-order valence-corrected chi connectivity index (χ0v) is 21.9. The van der Waals surface area contributed by atoms with Gasteiger partial charge in [0.15, 0.2) is 5.82 Å². The molecule has 0 spiro atoms. The van der Waals surface area contributed by atoms with Crippen LogP contribution in [0.3, 0.4) is 0 Å². The zero-order valence-electron chi connectivity index (χ0n) is 21.9. The van der Waals surface area contributed by atoms with Crippen LogP contribution < -0.4 is 15.0 Å². The van der Waals surface area contributed by atoms with Crippen LogP contribution in [0.5, 0.6) is 5.75 Å². The maximum atomic E-state index is 13.2. The Bertz CT molecular complexity index is 1030. The first kappa shape index (κ1) is 26.7. The van der Waals surface area contributed by atoms with Gasteiger partial charge in [0.25, 0.3) is 0 Å². The summed E-state index contributed by atoms with van der Waals surface area (Å²) in [4.78, 5) is 31.6. The second-order valence-electron chi connectivity index (χ2n) is 9.48. The van der Waals surface area contributed by atoms with Gasteiger partial charge in [0.2, 0.25) is 5.91 Å². The number of urea groups is 1. The van der Waals surface area contributed by atoms with E-state index in [1.807, 2.05) is 48.2 Å². The second-order valence-corrected chi connectivity index (χ2v) is 9.48. The van der Waals surface area contributed by atoms with Crippen molar-refractivity contribution in [1.29, 1.82) is 0 Å². The zero-order chi connectivity index (χ0) is 26.0. The second kappa shape index (κ2) is 13.2. The number of benzene rings is 1. The number of methoxy groups -OCH3 is 1. The van der Waals surface area contributed by atoms with Gasteiger partial charge in [-0.05, 0) is 49.9 Å². The molecular weight excluding hydrogens is 472 g/mol. The molecule has 2 aromatic rings. The summed E-state index contributed by atoms with van der Waals surface area (Å²) in [5.74, 6) is 1.53. The van der Waals surface area contributed by atoms with E-state index in [9.17, 15) is 9.59 Å². The number of rotatable bonds is 9. The summed E-state index contributed by atoms with van der Waals surface area (Å²) in [5.41, 5.74) is 1.73. The number of nitrogens with zero attached hydrogens (tertiary/aromatic N) is 5. The molecule has 1 N–H and O–H groups in total. The summed E-state index contributed by atoms with van der Waals surface area (Å²) in [5, 5.41) is 11.8.